The molecule has 0 N–H and O–H groups in total. The number of amides is 2. The SMILES string of the molecule is CCOC(=O)[C@H]1C[C@H](N2C(=O)C=CC2=O)c2ccccc21. The fourth-order valence-electron chi connectivity index (χ4n) is 3.04. The van der Waals surface area contributed by atoms with Crippen molar-refractivity contribution in [2.24, 2.45) is 0 Å². The summed E-state index contributed by atoms with van der Waals surface area (Å²) in [5.41, 5.74) is 1.69. The summed E-state index contributed by atoms with van der Waals surface area (Å²) in [6.45, 7) is 2.07. The monoisotopic (exact) mass is 285 g/mol. The van der Waals surface area contributed by atoms with Crippen LogP contribution < -0.4 is 0 Å². The molecule has 2 amide bonds. The summed E-state index contributed by atoms with van der Waals surface area (Å²) in [7, 11) is 0. The van der Waals surface area contributed by atoms with Gasteiger partial charge in [-0.3, -0.25) is 19.3 Å². The van der Waals surface area contributed by atoms with Gasteiger partial charge in [-0.05, 0) is 24.5 Å². The maximum Gasteiger partial charge on any atom is 0.313 e. The number of fused-ring (bicyclic) bond motifs is 1. The van der Waals surface area contributed by atoms with E-state index in [9.17, 15) is 14.4 Å². The van der Waals surface area contributed by atoms with E-state index in [0.717, 1.165) is 11.1 Å². The smallest absolute Gasteiger partial charge is 0.313 e. The summed E-state index contributed by atoms with van der Waals surface area (Å²) in [6, 6.07) is 7.01. The minimum Gasteiger partial charge on any atom is -0.466 e. The van der Waals surface area contributed by atoms with E-state index in [2.05, 4.69) is 0 Å². The van der Waals surface area contributed by atoms with Crippen molar-refractivity contribution in [1.29, 1.82) is 0 Å². The molecule has 5 heteroatoms. The lowest BCUT2D eigenvalue weighted by Gasteiger charge is -2.23. The highest BCUT2D eigenvalue weighted by molar-refractivity contribution is 6.13. The van der Waals surface area contributed by atoms with Crippen LogP contribution in [0.3, 0.4) is 0 Å². The molecule has 108 valence electrons. The fourth-order valence-corrected chi connectivity index (χ4v) is 3.04. The van der Waals surface area contributed by atoms with Crippen LogP contribution in [0.5, 0.6) is 0 Å². The molecule has 0 fully saturated rings. The van der Waals surface area contributed by atoms with E-state index in [4.69, 9.17) is 4.74 Å². The second kappa shape index (κ2) is 5.16. The minimum absolute atomic E-state index is 0.306. The van der Waals surface area contributed by atoms with Gasteiger partial charge in [-0.25, -0.2) is 0 Å². The van der Waals surface area contributed by atoms with Crippen LogP contribution in [0.25, 0.3) is 0 Å². The predicted molar refractivity (Wildman–Crippen MR) is 74.2 cm³/mol. The summed E-state index contributed by atoms with van der Waals surface area (Å²) in [6.07, 6.45) is 2.92. The van der Waals surface area contributed by atoms with Crippen molar-refractivity contribution < 1.29 is 19.1 Å². The van der Waals surface area contributed by atoms with Crippen LogP contribution in [0.1, 0.15) is 36.4 Å². The number of hydrogen-bond acceptors (Lipinski definition) is 4. The third kappa shape index (κ3) is 2.14. The van der Waals surface area contributed by atoms with Gasteiger partial charge in [-0.15, -0.1) is 0 Å². The van der Waals surface area contributed by atoms with Crippen molar-refractivity contribution in [1.82, 2.24) is 4.90 Å². The minimum atomic E-state index is -0.424. The van der Waals surface area contributed by atoms with Gasteiger partial charge in [0.2, 0.25) is 0 Å². The Labute approximate surface area is 122 Å². The quantitative estimate of drug-likeness (QED) is 0.626. The highest BCUT2D eigenvalue weighted by Gasteiger charge is 2.42. The first-order valence-electron chi connectivity index (χ1n) is 6.94. The molecule has 0 saturated heterocycles. The number of benzene rings is 1. The molecule has 0 radical (unpaired) electrons. The van der Waals surface area contributed by atoms with Gasteiger partial charge in [-0.1, -0.05) is 24.3 Å². The second-order valence-electron chi connectivity index (χ2n) is 5.06. The van der Waals surface area contributed by atoms with E-state index in [1.807, 2.05) is 24.3 Å². The molecule has 2 aliphatic rings. The standard InChI is InChI=1S/C16H15NO4/c1-2-21-16(20)12-9-13(11-6-4-3-5-10(11)12)17-14(18)7-8-15(17)19/h3-8,12-13H,2,9H2,1H3/t12-,13-/m0/s1. The van der Waals surface area contributed by atoms with Crippen LogP contribution in [-0.2, 0) is 19.1 Å². The number of imide groups is 1. The molecule has 1 aliphatic carbocycles. The first kappa shape index (κ1) is 13.5. The van der Waals surface area contributed by atoms with Crippen LogP contribution in [0.2, 0.25) is 0 Å². The zero-order valence-corrected chi connectivity index (χ0v) is 11.6. The summed E-state index contributed by atoms with van der Waals surface area (Å²) < 4.78 is 5.10. The molecular formula is C16H15NO4. The molecule has 0 bridgehead atoms. The number of nitrogens with zero attached hydrogens (tertiary/aromatic N) is 1. The Kier molecular flexibility index (Phi) is 3.33. The average Bonchev–Trinajstić information content (AvgIpc) is 3.00. The van der Waals surface area contributed by atoms with Crippen LogP contribution in [0.15, 0.2) is 36.4 Å². The third-order valence-corrected chi connectivity index (χ3v) is 3.92. The second-order valence-corrected chi connectivity index (χ2v) is 5.06. The molecule has 0 aromatic heterocycles. The molecule has 1 aromatic rings. The third-order valence-electron chi connectivity index (χ3n) is 3.92. The zero-order chi connectivity index (χ0) is 15.0. The number of hydrogen-bond donors (Lipinski definition) is 0. The number of esters is 1. The molecule has 1 aliphatic heterocycles. The first-order valence-corrected chi connectivity index (χ1v) is 6.94. The van der Waals surface area contributed by atoms with Crippen molar-refractivity contribution >= 4 is 17.8 Å². The number of ether oxygens (including phenoxy) is 1. The largest absolute Gasteiger partial charge is 0.466 e. The molecule has 1 heterocycles. The normalized spacial score (nSPS) is 23.6. The summed E-state index contributed by atoms with van der Waals surface area (Å²) in [4.78, 5) is 37.1. The Morgan fingerprint density at radius 1 is 1.19 bits per heavy atom. The molecule has 5 nitrogen and oxygen atoms in total. The van der Waals surface area contributed by atoms with Gasteiger partial charge in [0.05, 0.1) is 18.6 Å². The molecule has 2 atom stereocenters. The summed E-state index contributed by atoms with van der Waals surface area (Å²) in [5.74, 6) is -1.39. The lowest BCUT2D eigenvalue weighted by Crippen LogP contribution is -2.33. The topological polar surface area (TPSA) is 63.7 Å². The fraction of sp³-hybridized carbons (Fsp3) is 0.312. The van der Waals surface area contributed by atoms with Gasteiger partial charge in [0, 0.05) is 12.2 Å². The predicted octanol–water partition coefficient (Wildman–Crippen LogP) is 1.70. The zero-order valence-electron chi connectivity index (χ0n) is 11.6. The molecule has 3 rings (SSSR count). The van der Waals surface area contributed by atoms with E-state index >= 15 is 0 Å². The van der Waals surface area contributed by atoms with Crippen LogP contribution >= 0.6 is 0 Å². The van der Waals surface area contributed by atoms with Crippen molar-refractivity contribution in [3.05, 3.63) is 47.5 Å². The highest BCUT2D eigenvalue weighted by atomic mass is 16.5. The van der Waals surface area contributed by atoms with Gasteiger partial charge in [0.25, 0.3) is 11.8 Å². The first-order chi connectivity index (χ1) is 10.1. The average molecular weight is 285 g/mol. The molecule has 1 aromatic carbocycles. The van der Waals surface area contributed by atoms with Crippen LogP contribution in [-0.4, -0.2) is 29.3 Å². The van der Waals surface area contributed by atoms with Gasteiger partial charge in [-0.2, -0.15) is 0 Å². The van der Waals surface area contributed by atoms with E-state index in [1.165, 1.54) is 17.1 Å². The molecular weight excluding hydrogens is 270 g/mol. The Balaban J connectivity index is 1.97. The van der Waals surface area contributed by atoms with Gasteiger partial charge >= 0.3 is 5.97 Å². The number of carbonyl (C=O) groups excluding carboxylic acids is 3. The van der Waals surface area contributed by atoms with Gasteiger partial charge in [0.15, 0.2) is 0 Å². The molecule has 21 heavy (non-hydrogen) atoms. The molecule has 0 spiro atoms. The van der Waals surface area contributed by atoms with Crippen molar-refractivity contribution in [2.45, 2.75) is 25.3 Å². The van der Waals surface area contributed by atoms with Gasteiger partial charge in [0.1, 0.15) is 0 Å². The molecule has 0 unspecified atom stereocenters. The Hall–Kier alpha value is -2.43. The van der Waals surface area contributed by atoms with E-state index in [0.29, 0.717) is 13.0 Å². The highest BCUT2D eigenvalue weighted by Crippen LogP contribution is 2.44. The van der Waals surface area contributed by atoms with Crippen molar-refractivity contribution in [3.63, 3.8) is 0 Å². The van der Waals surface area contributed by atoms with Crippen molar-refractivity contribution in [2.75, 3.05) is 6.61 Å². The number of carbonyl (C=O) groups is 3. The Morgan fingerprint density at radius 2 is 1.81 bits per heavy atom. The van der Waals surface area contributed by atoms with Crippen LogP contribution in [0.4, 0.5) is 0 Å². The van der Waals surface area contributed by atoms with Crippen LogP contribution in [0, 0.1) is 0 Å². The maximum atomic E-state index is 12.1. The van der Waals surface area contributed by atoms with Crippen molar-refractivity contribution in [3.8, 4) is 0 Å². The lowest BCUT2D eigenvalue weighted by atomic mass is 10.0. The van der Waals surface area contributed by atoms with E-state index in [-0.39, 0.29) is 17.8 Å². The van der Waals surface area contributed by atoms with E-state index in [1.54, 1.807) is 6.92 Å². The summed E-state index contributed by atoms with van der Waals surface area (Å²) >= 11 is 0. The molecule has 0 saturated carbocycles. The maximum absolute atomic E-state index is 12.1. The van der Waals surface area contributed by atoms with Gasteiger partial charge < -0.3 is 4.74 Å². The Morgan fingerprint density at radius 3 is 2.43 bits per heavy atom. The lowest BCUT2D eigenvalue weighted by molar-refractivity contribution is -0.147. The number of rotatable bonds is 3. The van der Waals surface area contributed by atoms with E-state index < -0.39 is 12.0 Å². The summed E-state index contributed by atoms with van der Waals surface area (Å²) in [5, 5.41) is 0. The Bertz CT molecular complexity index is 631.